The van der Waals surface area contributed by atoms with Gasteiger partial charge in [0.15, 0.2) is 10.8 Å². The summed E-state index contributed by atoms with van der Waals surface area (Å²) in [6.07, 6.45) is 3.37. The second-order valence-electron chi connectivity index (χ2n) is 5.36. The first-order chi connectivity index (χ1) is 9.52. The standard InChI is InChI=1S/C12H14N6OS/c1-12(2,3)11-15-8(19-17-11)6-18-7-14-9(16-18)10-13-4-5-20-10/h4-5,7H,6H2,1-3H3. The molecule has 8 heteroatoms. The van der Waals surface area contributed by atoms with Gasteiger partial charge in [-0.05, 0) is 0 Å². The van der Waals surface area contributed by atoms with E-state index in [1.807, 2.05) is 26.2 Å². The highest BCUT2D eigenvalue weighted by Crippen LogP contribution is 2.19. The van der Waals surface area contributed by atoms with Crippen molar-refractivity contribution in [1.29, 1.82) is 0 Å². The SMILES string of the molecule is CC(C)(C)c1noc(Cn2cnc(-c3nccs3)n2)n1. The van der Waals surface area contributed by atoms with Crippen LogP contribution in [-0.2, 0) is 12.0 Å². The summed E-state index contributed by atoms with van der Waals surface area (Å²) < 4.78 is 6.90. The van der Waals surface area contributed by atoms with Crippen LogP contribution in [0.4, 0.5) is 0 Å². The molecule has 0 amide bonds. The number of thiazole rings is 1. The number of hydrogen-bond donors (Lipinski definition) is 0. The zero-order chi connectivity index (χ0) is 14.2. The average Bonchev–Trinajstić information content (AvgIpc) is 3.08. The smallest absolute Gasteiger partial charge is 0.248 e. The fraction of sp³-hybridized carbons (Fsp3) is 0.417. The molecular formula is C12H14N6OS. The van der Waals surface area contributed by atoms with Crippen molar-refractivity contribution in [3.63, 3.8) is 0 Å². The third-order valence-corrected chi connectivity index (χ3v) is 3.37. The van der Waals surface area contributed by atoms with E-state index in [1.54, 1.807) is 17.2 Å². The van der Waals surface area contributed by atoms with Gasteiger partial charge in [-0.3, -0.25) is 0 Å². The second kappa shape index (κ2) is 4.78. The molecule has 0 unspecified atom stereocenters. The lowest BCUT2D eigenvalue weighted by molar-refractivity contribution is 0.353. The zero-order valence-electron chi connectivity index (χ0n) is 11.4. The van der Waals surface area contributed by atoms with Crippen molar-refractivity contribution in [1.82, 2.24) is 29.9 Å². The van der Waals surface area contributed by atoms with Gasteiger partial charge in [-0.15, -0.1) is 16.4 Å². The molecule has 7 nitrogen and oxygen atoms in total. The molecule has 0 bridgehead atoms. The zero-order valence-corrected chi connectivity index (χ0v) is 12.3. The molecule has 0 radical (unpaired) electrons. The lowest BCUT2D eigenvalue weighted by atomic mass is 9.96. The Balaban J connectivity index is 1.77. The Morgan fingerprint density at radius 3 is 2.80 bits per heavy atom. The minimum Gasteiger partial charge on any atom is -0.337 e. The topological polar surface area (TPSA) is 82.5 Å². The molecule has 0 aliphatic heterocycles. The molecule has 0 atom stereocenters. The molecule has 0 N–H and O–H groups in total. The number of aromatic nitrogens is 6. The Labute approximate surface area is 119 Å². The first-order valence-electron chi connectivity index (χ1n) is 6.15. The molecule has 0 saturated heterocycles. The molecule has 3 heterocycles. The number of nitrogens with zero attached hydrogens (tertiary/aromatic N) is 6. The highest BCUT2D eigenvalue weighted by atomic mass is 32.1. The van der Waals surface area contributed by atoms with Crippen LogP contribution in [0.1, 0.15) is 32.5 Å². The van der Waals surface area contributed by atoms with E-state index in [-0.39, 0.29) is 5.41 Å². The Hall–Kier alpha value is -2.09. The molecule has 3 rings (SSSR count). The molecule has 0 spiro atoms. The Morgan fingerprint density at radius 1 is 1.30 bits per heavy atom. The summed E-state index contributed by atoms with van der Waals surface area (Å²) in [5, 5.41) is 11.0. The van der Waals surface area contributed by atoms with Crippen LogP contribution in [-0.4, -0.2) is 29.9 Å². The Morgan fingerprint density at radius 2 is 2.15 bits per heavy atom. The van der Waals surface area contributed by atoms with Gasteiger partial charge in [0.1, 0.15) is 12.9 Å². The number of hydrogen-bond acceptors (Lipinski definition) is 7. The maximum Gasteiger partial charge on any atom is 0.248 e. The molecule has 104 valence electrons. The van der Waals surface area contributed by atoms with Gasteiger partial charge in [0.2, 0.25) is 11.7 Å². The summed E-state index contributed by atoms with van der Waals surface area (Å²) in [5.41, 5.74) is -0.129. The van der Waals surface area contributed by atoms with E-state index in [4.69, 9.17) is 4.52 Å². The lowest BCUT2D eigenvalue weighted by Crippen LogP contribution is -2.13. The van der Waals surface area contributed by atoms with Gasteiger partial charge in [-0.1, -0.05) is 25.9 Å². The molecule has 0 fully saturated rings. The monoisotopic (exact) mass is 290 g/mol. The van der Waals surface area contributed by atoms with Crippen molar-refractivity contribution in [3.05, 3.63) is 29.6 Å². The maximum absolute atomic E-state index is 5.23. The average molecular weight is 290 g/mol. The first-order valence-corrected chi connectivity index (χ1v) is 7.03. The summed E-state index contributed by atoms with van der Waals surface area (Å²) in [4.78, 5) is 12.8. The third kappa shape index (κ3) is 2.60. The van der Waals surface area contributed by atoms with Gasteiger partial charge in [0.25, 0.3) is 0 Å². The lowest BCUT2D eigenvalue weighted by Gasteiger charge is -2.10. The third-order valence-electron chi connectivity index (χ3n) is 2.60. The van der Waals surface area contributed by atoms with Crippen molar-refractivity contribution in [2.45, 2.75) is 32.7 Å². The first kappa shape index (κ1) is 12.9. The predicted octanol–water partition coefficient (Wildman–Crippen LogP) is 2.13. The molecule has 0 aliphatic carbocycles. The van der Waals surface area contributed by atoms with Gasteiger partial charge in [-0.2, -0.15) is 4.98 Å². The van der Waals surface area contributed by atoms with Gasteiger partial charge in [0.05, 0.1) is 0 Å². The summed E-state index contributed by atoms with van der Waals surface area (Å²) in [5.74, 6) is 1.81. The van der Waals surface area contributed by atoms with Crippen LogP contribution < -0.4 is 0 Å². The van der Waals surface area contributed by atoms with Crippen molar-refractivity contribution < 1.29 is 4.52 Å². The fourth-order valence-corrected chi connectivity index (χ4v) is 2.14. The minimum absolute atomic E-state index is 0.129. The maximum atomic E-state index is 5.23. The molecule has 0 saturated carbocycles. The van der Waals surface area contributed by atoms with Crippen molar-refractivity contribution >= 4 is 11.3 Å². The van der Waals surface area contributed by atoms with Gasteiger partial charge in [-0.25, -0.2) is 14.6 Å². The van der Waals surface area contributed by atoms with E-state index < -0.39 is 0 Å². The number of rotatable bonds is 3. The normalized spacial score (nSPS) is 11.9. The fourth-order valence-electron chi connectivity index (χ4n) is 1.56. The van der Waals surface area contributed by atoms with Crippen LogP contribution >= 0.6 is 11.3 Å². The highest BCUT2D eigenvalue weighted by Gasteiger charge is 2.21. The van der Waals surface area contributed by atoms with Gasteiger partial charge >= 0.3 is 0 Å². The summed E-state index contributed by atoms with van der Waals surface area (Å²) in [6, 6.07) is 0. The molecule has 20 heavy (non-hydrogen) atoms. The van der Waals surface area contributed by atoms with E-state index in [0.29, 0.717) is 24.1 Å². The summed E-state index contributed by atoms with van der Waals surface area (Å²) in [6.45, 7) is 6.52. The molecule has 0 aliphatic rings. The summed E-state index contributed by atoms with van der Waals surface area (Å²) in [7, 11) is 0. The predicted molar refractivity (Wildman–Crippen MR) is 73.2 cm³/mol. The quantitative estimate of drug-likeness (QED) is 0.735. The van der Waals surface area contributed by atoms with Crippen molar-refractivity contribution in [2.24, 2.45) is 0 Å². The highest BCUT2D eigenvalue weighted by molar-refractivity contribution is 7.12. The van der Waals surface area contributed by atoms with Crippen molar-refractivity contribution in [2.75, 3.05) is 0 Å². The largest absolute Gasteiger partial charge is 0.337 e. The van der Waals surface area contributed by atoms with E-state index in [2.05, 4.69) is 25.2 Å². The van der Waals surface area contributed by atoms with E-state index in [9.17, 15) is 0 Å². The Kier molecular flexibility index (Phi) is 3.09. The van der Waals surface area contributed by atoms with Crippen LogP contribution in [0.5, 0.6) is 0 Å². The van der Waals surface area contributed by atoms with Crippen LogP contribution in [0.15, 0.2) is 22.4 Å². The molecule has 0 aromatic carbocycles. The van der Waals surface area contributed by atoms with E-state index in [0.717, 1.165) is 5.01 Å². The van der Waals surface area contributed by atoms with Gasteiger partial charge < -0.3 is 4.52 Å². The van der Waals surface area contributed by atoms with Crippen LogP contribution in [0.25, 0.3) is 10.8 Å². The van der Waals surface area contributed by atoms with E-state index >= 15 is 0 Å². The second-order valence-corrected chi connectivity index (χ2v) is 6.26. The minimum atomic E-state index is -0.129. The molecule has 3 aromatic heterocycles. The van der Waals surface area contributed by atoms with Crippen LogP contribution in [0, 0.1) is 0 Å². The molecule has 3 aromatic rings. The van der Waals surface area contributed by atoms with Crippen molar-refractivity contribution in [3.8, 4) is 10.8 Å². The van der Waals surface area contributed by atoms with Crippen LogP contribution in [0.3, 0.4) is 0 Å². The summed E-state index contributed by atoms with van der Waals surface area (Å²) >= 11 is 1.50. The molecular weight excluding hydrogens is 276 g/mol. The van der Waals surface area contributed by atoms with E-state index in [1.165, 1.54) is 11.3 Å². The Bertz CT molecular complexity index is 694. The van der Waals surface area contributed by atoms with Gasteiger partial charge in [0, 0.05) is 17.0 Å². The van der Waals surface area contributed by atoms with Crippen LogP contribution in [0.2, 0.25) is 0 Å².